The van der Waals surface area contributed by atoms with E-state index in [0.29, 0.717) is 5.41 Å². The fraction of sp³-hybridized carbons (Fsp3) is 0.625. The summed E-state index contributed by atoms with van der Waals surface area (Å²) in [6, 6.07) is 8.97. The van der Waals surface area contributed by atoms with Crippen LogP contribution < -0.4 is 5.73 Å². The number of aryl methyl sites for hydroxylation is 1. The van der Waals surface area contributed by atoms with Crippen LogP contribution in [0, 0.1) is 18.3 Å². The first kappa shape index (κ1) is 12.6. The smallest absolute Gasteiger partial charge is 0.00172 e. The normalized spacial score (nSPS) is 29.2. The van der Waals surface area contributed by atoms with Crippen molar-refractivity contribution in [2.24, 2.45) is 17.1 Å². The van der Waals surface area contributed by atoms with Crippen LogP contribution in [0.5, 0.6) is 0 Å². The summed E-state index contributed by atoms with van der Waals surface area (Å²) in [6.07, 6.45) is 6.51. The number of rotatable bonds is 3. The third-order valence-corrected chi connectivity index (χ3v) is 4.32. The Morgan fingerprint density at radius 1 is 1.29 bits per heavy atom. The summed E-state index contributed by atoms with van der Waals surface area (Å²) >= 11 is 0. The van der Waals surface area contributed by atoms with Gasteiger partial charge in [0.15, 0.2) is 0 Å². The van der Waals surface area contributed by atoms with E-state index in [0.717, 1.165) is 18.9 Å². The SMILES string of the molecule is Cc1ccc(CC2(CN)CCCC(C)C2)cc1. The highest BCUT2D eigenvalue weighted by molar-refractivity contribution is 5.22. The lowest BCUT2D eigenvalue weighted by atomic mass is 9.67. The van der Waals surface area contributed by atoms with Crippen molar-refractivity contribution in [1.29, 1.82) is 0 Å². The van der Waals surface area contributed by atoms with Crippen LogP contribution >= 0.6 is 0 Å². The van der Waals surface area contributed by atoms with Gasteiger partial charge >= 0.3 is 0 Å². The molecule has 2 atom stereocenters. The van der Waals surface area contributed by atoms with Crippen molar-refractivity contribution in [3.63, 3.8) is 0 Å². The molecule has 1 nitrogen and oxygen atoms in total. The highest BCUT2D eigenvalue weighted by Gasteiger charge is 2.33. The lowest BCUT2D eigenvalue weighted by Gasteiger charge is -2.39. The van der Waals surface area contributed by atoms with E-state index in [4.69, 9.17) is 5.73 Å². The Bertz CT molecular complexity index is 354. The molecule has 1 aromatic carbocycles. The fourth-order valence-corrected chi connectivity index (χ4v) is 3.33. The molecule has 0 amide bonds. The molecule has 94 valence electrons. The number of nitrogens with two attached hydrogens (primary N) is 1. The molecule has 0 aliphatic heterocycles. The highest BCUT2D eigenvalue weighted by atomic mass is 14.6. The molecule has 0 bridgehead atoms. The van der Waals surface area contributed by atoms with Crippen LogP contribution in [-0.2, 0) is 6.42 Å². The number of hydrogen-bond acceptors (Lipinski definition) is 1. The molecule has 1 saturated carbocycles. The first-order valence-electron chi connectivity index (χ1n) is 6.89. The Balaban J connectivity index is 2.10. The van der Waals surface area contributed by atoms with E-state index >= 15 is 0 Å². The topological polar surface area (TPSA) is 26.0 Å². The molecule has 1 aliphatic rings. The van der Waals surface area contributed by atoms with Gasteiger partial charge in [-0.25, -0.2) is 0 Å². The summed E-state index contributed by atoms with van der Waals surface area (Å²) in [5.41, 5.74) is 9.24. The molecule has 0 aromatic heterocycles. The van der Waals surface area contributed by atoms with E-state index in [-0.39, 0.29) is 0 Å². The molecular weight excluding hydrogens is 206 g/mol. The maximum absolute atomic E-state index is 6.08. The molecular formula is C16H25N. The zero-order chi connectivity index (χ0) is 12.3. The molecule has 0 radical (unpaired) electrons. The van der Waals surface area contributed by atoms with Gasteiger partial charge in [-0.3, -0.25) is 0 Å². The van der Waals surface area contributed by atoms with Gasteiger partial charge < -0.3 is 5.73 Å². The molecule has 2 N–H and O–H groups in total. The predicted molar refractivity (Wildman–Crippen MR) is 74.0 cm³/mol. The van der Waals surface area contributed by atoms with Crippen LogP contribution in [0.3, 0.4) is 0 Å². The van der Waals surface area contributed by atoms with Gasteiger partial charge in [0.25, 0.3) is 0 Å². The van der Waals surface area contributed by atoms with Crippen LogP contribution in [0.4, 0.5) is 0 Å². The Morgan fingerprint density at radius 2 is 2.00 bits per heavy atom. The van der Waals surface area contributed by atoms with Crippen molar-refractivity contribution in [3.8, 4) is 0 Å². The summed E-state index contributed by atoms with van der Waals surface area (Å²) in [4.78, 5) is 0. The summed E-state index contributed by atoms with van der Waals surface area (Å²) in [5.74, 6) is 0.845. The minimum Gasteiger partial charge on any atom is -0.330 e. The van der Waals surface area contributed by atoms with Crippen LogP contribution in [-0.4, -0.2) is 6.54 Å². The van der Waals surface area contributed by atoms with Gasteiger partial charge in [-0.2, -0.15) is 0 Å². The number of hydrogen-bond donors (Lipinski definition) is 1. The third-order valence-electron chi connectivity index (χ3n) is 4.32. The maximum Gasteiger partial charge on any atom is -0.00172 e. The molecule has 0 spiro atoms. The molecule has 1 aliphatic carbocycles. The molecule has 0 saturated heterocycles. The molecule has 2 unspecified atom stereocenters. The maximum atomic E-state index is 6.08. The Morgan fingerprint density at radius 3 is 2.59 bits per heavy atom. The highest BCUT2D eigenvalue weighted by Crippen LogP contribution is 2.41. The van der Waals surface area contributed by atoms with E-state index in [2.05, 4.69) is 38.1 Å². The standard InChI is InChI=1S/C16H25N/c1-13-5-7-15(8-6-13)11-16(12-17)9-3-4-14(2)10-16/h5-8,14H,3-4,9-12,17H2,1-2H3. The van der Waals surface area contributed by atoms with E-state index in [1.165, 1.54) is 36.8 Å². The van der Waals surface area contributed by atoms with E-state index in [1.807, 2.05) is 0 Å². The molecule has 2 rings (SSSR count). The second-order valence-corrected chi connectivity index (χ2v) is 6.07. The predicted octanol–water partition coefficient (Wildman–Crippen LogP) is 3.69. The average Bonchev–Trinajstić information content (AvgIpc) is 2.32. The molecule has 1 aromatic rings. The first-order valence-corrected chi connectivity index (χ1v) is 6.89. The third kappa shape index (κ3) is 3.10. The van der Waals surface area contributed by atoms with Crippen LogP contribution in [0.2, 0.25) is 0 Å². The Hall–Kier alpha value is -0.820. The van der Waals surface area contributed by atoms with Gasteiger partial charge in [0, 0.05) is 0 Å². The second kappa shape index (κ2) is 5.22. The zero-order valence-corrected chi connectivity index (χ0v) is 11.2. The zero-order valence-electron chi connectivity index (χ0n) is 11.2. The Kier molecular flexibility index (Phi) is 3.88. The minimum absolute atomic E-state index is 0.368. The summed E-state index contributed by atoms with van der Waals surface area (Å²) in [6.45, 7) is 5.36. The monoisotopic (exact) mass is 231 g/mol. The van der Waals surface area contributed by atoms with E-state index < -0.39 is 0 Å². The quantitative estimate of drug-likeness (QED) is 0.843. The molecule has 17 heavy (non-hydrogen) atoms. The van der Waals surface area contributed by atoms with Gasteiger partial charge in [0.2, 0.25) is 0 Å². The largest absolute Gasteiger partial charge is 0.330 e. The summed E-state index contributed by atoms with van der Waals surface area (Å²) < 4.78 is 0. The Labute approximate surface area is 105 Å². The van der Waals surface area contributed by atoms with Gasteiger partial charge in [-0.1, -0.05) is 49.6 Å². The first-order chi connectivity index (χ1) is 8.13. The van der Waals surface area contributed by atoms with Crippen molar-refractivity contribution in [2.45, 2.75) is 46.0 Å². The molecule has 1 fully saturated rings. The van der Waals surface area contributed by atoms with Gasteiger partial charge in [-0.05, 0) is 49.6 Å². The summed E-state index contributed by atoms with van der Waals surface area (Å²) in [7, 11) is 0. The summed E-state index contributed by atoms with van der Waals surface area (Å²) in [5, 5.41) is 0. The van der Waals surface area contributed by atoms with Gasteiger partial charge in [-0.15, -0.1) is 0 Å². The van der Waals surface area contributed by atoms with Crippen LogP contribution in [0.15, 0.2) is 24.3 Å². The van der Waals surface area contributed by atoms with Crippen LogP contribution in [0.25, 0.3) is 0 Å². The fourth-order valence-electron chi connectivity index (χ4n) is 3.33. The van der Waals surface area contributed by atoms with Crippen molar-refractivity contribution in [3.05, 3.63) is 35.4 Å². The van der Waals surface area contributed by atoms with Crippen molar-refractivity contribution < 1.29 is 0 Å². The van der Waals surface area contributed by atoms with Crippen molar-refractivity contribution in [2.75, 3.05) is 6.54 Å². The van der Waals surface area contributed by atoms with E-state index in [9.17, 15) is 0 Å². The van der Waals surface area contributed by atoms with Crippen molar-refractivity contribution in [1.82, 2.24) is 0 Å². The second-order valence-electron chi connectivity index (χ2n) is 6.07. The van der Waals surface area contributed by atoms with Crippen molar-refractivity contribution >= 4 is 0 Å². The minimum atomic E-state index is 0.368. The van der Waals surface area contributed by atoms with Gasteiger partial charge in [0.1, 0.15) is 0 Å². The van der Waals surface area contributed by atoms with E-state index in [1.54, 1.807) is 0 Å². The lowest BCUT2D eigenvalue weighted by Crippen LogP contribution is -2.37. The lowest BCUT2D eigenvalue weighted by molar-refractivity contribution is 0.154. The van der Waals surface area contributed by atoms with Gasteiger partial charge in [0.05, 0.1) is 0 Å². The van der Waals surface area contributed by atoms with Crippen LogP contribution in [0.1, 0.15) is 43.7 Å². The number of benzene rings is 1. The molecule has 0 heterocycles. The molecule has 1 heteroatoms. The average molecular weight is 231 g/mol.